The highest BCUT2D eigenvalue weighted by Crippen LogP contribution is 2.21. The number of hydrogen-bond donors (Lipinski definition) is 2. The van der Waals surface area contributed by atoms with Crippen LogP contribution in [0, 0.1) is 5.82 Å². The van der Waals surface area contributed by atoms with E-state index in [1.54, 1.807) is 0 Å². The molecule has 0 saturated carbocycles. The molecule has 0 aromatic heterocycles. The zero-order valence-corrected chi connectivity index (χ0v) is 9.18. The molecule has 1 rings (SSSR count). The lowest BCUT2D eigenvalue weighted by Gasteiger charge is -2.06. The molecule has 5 heteroatoms. The number of methoxy groups -OCH3 is 1. The predicted molar refractivity (Wildman–Crippen MR) is 60.1 cm³/mol. The molecule has 0 spiro atoms. The normalized spacial score (nSPS) is 9.80. The van der Waals surface area contributed by atoms with Crippen LogP contribution in [0.3, 0.4) is 0 Å². The van der Waals surface area contributed by atoms with Crippen LogP contribution in [0.25, 0.3) is 0 Å². The Hall–Kier alpha value is -1.23. The number of amides is 1. The first-order valence-electron chi connectivity index (χ1n) is 4.41. The van der Waals surface area contributed by atoms with Crippen LogP contribution in [0.4, 0.5) is 10.1 Å². The number of thiol groups is 1. The van der Waals surface area contributed by atoms with Crippen LogP contribution in [0.5, 0.6) is 5.75 Å². The van der Waals surface area contributed by atoms with E-state index in [9.17, 15) is 9.18 Å². The molecule has 0 aliphatic carbocycles. The number of carbonyl (C=O) groups excluding carboxylic acids is 1. The fraction of sp³-hybridized carbons (Fsp3) is 0.300. The van der Waals surface area contributed by atoms with Gasteiger partial charge in [0.1, 0.15) is 0 Å². The highest BCUT2D eigenvalue weighted by atomic mass is 32.1. The third-order valence-corrected chi connectivity index (χ3v) is 2.00. The van der Waals surface area contributed by atoms with Crippen LogP contribution in [-0.4, -0.2) is 18.8 Å². The molecule has 0 bridgehead atoms. The molecule has 1 aromatic carbocycles. The van der Waals surface area contributed by atoms with Crippen molar-refractivity contribution < 1.29 is 13.9 Å². The van der Waals surface area contributed by atoms with Gasteiger partial charge in [-0.2, -0.15) is 12.6 Å². The molecule has 0 aliphatic rings. The molecular formula is C10H12FNO2S. The summed E-state index contributed by atoms with van der Waals surface area (Å²) in [6.45, 7) is 0. The molecule has 0 aliphatic heterocycles. The second-order valence-corrected chi connectivity index (χ2v) is 3.32. The first kappa shape index (κ1) is 11.8. The zero-order chi connectivity index (χ0) is 11.3. The van der Waals surface area contributed by atoms with Gasteiger partial charge in [-0.15, -0.1) is 0 Å². The zero-order valence-electron chi connectivity index (χ0n) is 8.29. The van der Waals surface area contributed by atoms with Gasteiger partial charge in [0.15, 0.2) is 11.6 Å². The van der Waals surface area contributed by atoms with Gasteiger partial charge in [-0.1, -0.05) is 0 Å². The fourth-order valence-corrected chi connectivity index (χ4v) is 1.27. The van der Waals surface area contributed by atoms with Crippen molar-refractivity contribution >= 4 is 24.2 Å². The van der Waals surface area contributed by atoms with Crippen LogP contribution in [0.1, 0.15) is 6.42 Å². The summed E-state index contributed by atoms with van der Waals surface area (Å²) in [5, 5.41) is 2.61. The maximum absolute atomic E-state index is 13.0. The van der Waals surface area contributed by atoms with Crippen LogP contribution in [0.15, 0.2) is 18.2 Å². The van der Waals surface area contributed by atoms with Crippen LogP contribution in [0.2, 0.25) is 0 Å². The van der Waals surface area contributed by atoms with E-state index in [1.807, 2.05) is 0 Å². The van der Waals surface area contributed by atoms with E-state index in [-0.39, 0.29) is 11.7 Å². The molecule has 3 nitrogen and oxygen atoms in total. The third kappa shape index (κ3) is 3.43. The van der Waals surface area contributed by atoms with Crippen molar-refractivity contribution in [3.05, 3.63) is 24.0 Å². The topological polar surface area (TPSA) is 38.3 Å². The molecule has 1 N–H and O–H groups in total. The number of rotatable bonds is 4. The smallest absolute Gasteiger partial charge is 0.225 e. The highest BCUT2D eigenvalue weighted by Gasteiger charge is 2.05. The molecule has 0 unspecified atom stereocenters. The first-order valence-corrected chi connectivity index (χ1v) is 5.05. The second kappa shape index (κ2) is 5.60. The molecule has 0 fully saturated rings. The SMILES string of the molecule is COc1cc(NC(=O)CCS)ccc1F. The number of benzene rings is 1. The Labute approximate surface area is 93.0 Å². The summed E-state index contributed by atoms with van der Waals surface area (Å²) < 4.78 is 17.8. The third-order valence-electron chi connectivity index (χ3n) is 1.77. The minimum Gasteiger partial charge on any atom is -0.494 e. The van der Waals surface area contributed by atoms with Gasteiger partial charge in [0.25, 0.3) is 0 Å². The molecule has 1 amide bonds. The van der Waals surface area contributed by atoms with E-state index in [1.165, 1.54) is 25.3 Å². The van der Waals surface area contributed by atoms with E-state index < -0.39 is 5.82 Å². The van der Waals surface area contributed by atoms with Gasteiger partial charge in [0.05, 0.1) is 7.11 Å². The fourth-order valence-electron chi connectivity index (χ4n) is 1.06. The van der Waals surface area contributed by atoms with Gasteiger partial charge >= 0.3 is 0 Å². The summed E-state index contributed by atoms with van der Waals surface area (Å²) in [7, 11) is 1.37. The highest BCUT2D eigenvalue weighted by molar-refractivity contribution is 7.80. The summed E-state index contributed by atoms with van der Waals surface area (Å²) in [6.07, 6.45) is 0.322. The maximum atomic E-state index is 13.0. The van der Waals surface area contributed by atoms with Gasteiger partial charge in [0.2, 0.25) is 5.91 Å². The van der Waals surface area contributed by atoms with Gasteiger partial charge in [-0.25, -0.2) is 4.39 Å². The predicted octanol–water partition coefficient (Wildman–Crippen LogP) is 2.09. The largest absolute Gasteiger partial charge is 0.494 e. The van der Waals surface area contributed by atoms with Crippen molar-refractivity contribution in [2.24, 2.45) is 0 Å². The standard InChI is InChI=1S/C10H12FNO2S/c1-14-9-6-7(2-3-8(9)11)12-10(13)4-5-15/h2-3,6,15H,4-5H2,1H3,(H,12,13). The van der Waals surface area contributed by atoms with Gasteiger partial charge in [-0.3, -0.25) is 4.79 Å². The first-order chi connectivity index (χ1) is 7.17. The second-order valence-electron chi connectivity index (χ2n) is 2.87. The number of halogens is 1. The summed E-state index contributed by atoms with van der Waals surface area (Å²) in [5.74, 6) is -0.0218. The van der Waals surface area contributed by atoms with Crippen molar-refractivity contribution in [3.8, 4) is 5.75 Å². The molecule has 0 saturated heterocycles. The monoisotopic (exact) mass is 229 g/mol. The van der Waals surface area contributed by atoms with E-state index >= 15 is 0 Å². The Morgan fingerprint density at radius 3 is 2.93 bits per heavy atom. The lowest BCUT2D eigenvalue weighted by atomic mass is 10.3. The molecule has 15 heavy (non-hydrogen) atoms. The van der Waals surface area contributed by atoms with Gasteiger partial charge < -0.3 is 10.1 Å². The number of hydrogen-bond acceptors (Lipinski definition) is 3. The Kier molecular flexibility index (Phi) is 4.42. The van der Waals surface area contributed by atoms with E-state index in [2.05, 4.69) is 17.9 Å². The number of anilines is 1. The summed E-state index contributed by atoms with van der Waals surface area (Å²) in [4.78, 5) is 11.2. The lowest BCUT2D eigenvalue weighted by Crippen LogP contribution is -2.11. The van der Waals surface area contributed by atoms with Crippen molar-refractivity contribution in [2.75, 3.05) is 18.2 Å². The van der Waals surface area contributed by atoms with Crippen molar-refractivity contribution in [2.45, 2.75) is 6.42 Å². The Morgan fingerprint density at radius 1 is 1.60 bits per heavy atom. The molecule has 82 valence electrons. The molecule has 0 heterocycles. The summed E-state index contributed by atoms with van der Waals surface area (Å²) in [6, 6.07) is 4.16. The van der Waals surface area contributed by atoms with E-state index in [0.29, 0.717) is 17.9 Å². The number of ether oxygens (including phenoxy) is 1. The minimum atomic E-state index is -0.454. The van der Waals surface area contributed by atoms with Crippen molar-refractivity contribution in [1.29, 1.82) is 0 Å². The average molecular weight is 229 g/mol. The van der Waals surface area contributed by atoms with Crippen LogP contribution >= 0.6 is 12.6 Å². The average Bonchev–Trinajstić information content (AvgIpc) is 2.21. The Bertz CT molecular complexity index is 357. The summed E-state index contributed by atoms with van der Waals surface area (Å²) >= 11 is 3.94. The molecule has 0 atom stereocenters. The van der Waals surface area contributed by atoms with Crippen molar-refractivity contribution in [1.82, 2.24) is 0 Å². The van der Waals surface area contributed by atoms with E-state index in [0.717, 1.165) is 0 Å². The molecule has 0 radical (unpaired) electrons. The number of carbonyl (C=O) groups is 1. The van der Waals surface area contributed by atoms with Crippen LogP contribution < -0.4 is 10.1 Å². The van der Waals surface area contributed by atoms with Gasteiger partial charge in [-0.05, 0) is 17.9 Å². The summed E-state index contributed by atoms with van der Waals surface area (Å²) in [5.41, 5.74) is 0.514. The lowest BCUT2D eigenvalue weighted by molar-refractivity contribution is -0.115. The Morgan fingerprint density at radius 2 is 2.33 bits per heavy atom. The van der Waals surface area contributed by atoms with Crippen LogP contribution in [-0.2, 0) is 4.79 Å². The Balaban J connectivity index is 2.74. The van der Waals surface area contributed by atoms with Crippen molar-refractivity contribution in [3.63, 3.8) is 0 Å². The number of nitrogens with one attached hydrogen (secondary N) is 1. The van der Waals surface area contributed by atoms with E-state index in [4.69, 9.17) is 4.74 Å². The quantitative estimate of drug-likeness (QED) is 0.776. The van der Waals surface area contributed by atoms with Gasteiger partial charge in [0, 0.05) is 18.2 Å². The minimum absolute atomic E-state index is 0.110. The maximum Gasteiger partial charge on any atom is 0.225 e. The molecule has 1 aromatic rings. The molecular weight excluding hydrogens is 217 g/mol.